The summed E-state index contributed by atoms with van der Waals surface area (Å²) in [6.45, 7) is 7.92. The van der Waals surface area contributed by atoms with E-state index in [4.69, 9.17) is 15.2 Å². The summed E-state index contributed by atoms with van der Waals surface area (Å²) in [6, 6.07) is 0.120. The largest absolute Gasteiger partial charge is 0.444 e. The summed E-state index contributed by atoms with van der Waals surface area (Å²) in [5.41, 5.74) is 5.36. The van der Waals surface area contributed by atoms with Gasteiger partial charge >= 0.3 is 6.09 Å². The third-order valence-electron chi connectivity index (χ3n) is 4.11. The van der Waals surface area contributed by atoms with Crippen LogP contribution >= 0.6 is 0 Å². The maximum atomic E-state index is 12.4. The van der Waals surface area contributed by atoms with Crippen LogP contribution in [0.1, 0.15) is 46.5 Å². The quantitative estimate of drug-likeness (QED) is 0.843. The molecule has 5 heteroatoms. The highest BCUT2D eigenvalue weighted by atomic mass is 16.6. The van der Waals surface area contributed by atoms with E-state index >= 15 is 0 Å². The predicted molar refractivity (Wildman–Crippen MR) is 77.5 cm³/mol. The number of carbonyl (C=O) groups excluding carboxylic acids is 1. The van der Waals surface area contributed by atoms with Gasteiger partial charge in [-0.05, 0) is 58.9 Å². The molecule has 0 saturated carbocycles. The second kappa shape index (κ2) is 6.31. The Hall–Kier alpha value is -0.810. The first kappa shape index (κ1) is 15.6. The van der Waals surface area contributed by atoms with Gasteiger partial charge in [-0.25, -0.2) is 4.79 Å². The fourth-order valence-electron chi connectivity index (χ4n) is 3.09. The number of likely N-dealkylation sites (tertiary alicyclic amines) is 1. The van der Waals surface area contributed by atoms with E-state index in [9.17, 15) is 4.79 Å². The lowest BCUT2D eigenvalue weighted by Crippen LogP contribution is -2.53. The zero-order valence-electron chi connectivity index (χ0n) is 12.9. The Bertz CT molecular complexity index is 335. The van der Waals surface area contributed by atoms with Gasteiger partial charge < -0.3 is 20.1 Å². The normalized spacial score (nSPS) is 31.4. The third kappa shape index (κ3) is 3.85. The van der Waals surface area contributed by atoms with Crippen molar-refractivity contribution in [3.8, 4) is 0 Å². The van der Waals surface area contributed by atoms with Crippen LogP contribution in [0.3, 0.4) is 0 Å². The molecule has 0 aliphatic carbocycles. The summed E-state index contributed by atoms with van der Waals surface area (Å²) in [4.78, 5) is 14.3. The van der Waals surface area contributed by atoms with Gasteiger partial charge in [0, 0.05) is 13.2 Å². The Labute approximate surface area is 121 Å². The molecule has 0 radical (unpaired) electrons. The van der Waals surface area contributed by atoms with Crippen molar-refractivity contribution in [2.45, 2.75) is 64.2 Å². The van der Waals surface area contributed by atoms with Crippen LogP contribution in [0.2, 0.25) is 0 Å². The maximum absolute atomic E-state index is 12.4. The summed E-state index contributed by atoms with van der Waals surface area (Å²) in [6.07, 6.45) is 3.93. The molecule has 2 aliphatic rings. The standard InChI is InChI=1S/C15H28N2O3/c1-15(2,3)20-14(18)17-7-6-11(10-16)9-12(17)13-5-4-8-19-13/h11-13H,4-10,16H2,1-3H3. The SMILES string of the molecule is CC(C)(C)OC(=O)N1CCC(CN)CC1C1CCCO1. The zero-order chi connectivity index (χ0) is 14.8. The van der Waals surface area contributed by atoms with Crippen molar-refractivity contribution in [3.63, 3.8) is 0 Å². The van der Waals surface area contributed by atoms with Gasteiger partial charge in [0.05, 0.1) is 12.1 Å². The molecule has 2 fully saturated rings. The van der Waals surface area contributed by atoms with Crippen molar-refractivity contribution in [1.29, 1.82) is 0 Å². The first-order valence-corrected chi connectivity index (χ1v) is 7.72. The van der Waals surface area contributed by atoms with Crippen molar-refractivity contribution in [2.75, 3.05) is 19.7 Å². The molecule has 0 bridgehead atoms. The van der Waals surface area contributed by atoms with E-state index in [1.54, 1.807) is 0 Å². The van der Waals surface area contributed by atoms with Crippen molar-refractivity contribution in [3.05, 3.63) is 0 Å². The molecule has 0 aromatic rings. The minimum atomic E-state index is -0.455. The molecule has 2 heterocycles. The number of hydrogen-bond acceptors (Lipinski definition) is 4. The molecule has 2 aliphatic heterocycles. The lowest BCUT2D eigenvalue weighted by Gasteiger charge is -2.42. The Kier molecular flexibility index (Phi) is 4.91. The highest BCUT2D eigenvalue weighted by Crippen LogP contribution is 2.31. The van der Waals surface area contributed by atoms with Crippen LogP contribution in [0.5, 0.6) is 0 Å². The molecule has 116 valence electrons. The van der Waals surface area contributed by atoms with Crippen LogP contribution < -0.4 is 5.73 Å². The molecule has 3 atom stereocenters. The number of hydrogen-bond donors (Lipinski definition) is 1. The monoisotopic (exact) mass is 284 g/mol. The summed E-state index contributed by atoms with van der Waals surface area (Å²) in [5.74, 6) is 0.489. The highest BCUT2D eigenvalue weighted by Gasteiger charge is 2.39. The Balaban J connectivity index is 2.05. The average Bonchev–Trinajstić information content (AvgIpc) is 2.89. The Morgan fingerprint density at radius 2 is 2.15 bits per heavy atom. The van der Waals surface area contributed by atoms with Crippen LogP contribution in [-0.2, 0) is 9.47 Å². The van der Waals surface area contributed by atoms with E-state index < -0.39 is 5.60 Å². The molecule has 2 N–H and O–H groups in total. The Morgan fingerprint density at radius 3 is 2.70 bits per heavy atom. The van der Waals surface area contributed by atoms with Gasteiger partial charge in [0.2, 0.25) is 0 Å². The van der Waals surface area contributed by atoms with E-state index in [-0.39, 0.29) is 18.2 Å². The molecule has 0 aromatic carbocycles. The van der Waals surface area contributed by atoms with Gasteiger partial charge in [-0.15, -0.1) is 0 Å². The fraction of sp³-hybridized carbons (Fsp3) is 0.933. The van der Waals surface area contributed by atoms with Crippen LogP contribution in [-0.4, -0.2) is 48.4 Å². The molecule has 0 spiro atoms. The number of piperidine rings is 1. The number of ether oxygens (including phenoxy) is 2. The van der Waals surface area contributed by atoms with Crippen molar-refractivity contribution in [2.24, 2.45) is 11.7 Å². The van der Waals surface area contributed by atoms with Crippen molar-refractivity contribution < 1.29 is 14.3 Å². The lowest BCUT2D eigenvalue weighted by molar-refractivity contribution is -0.0306. The van der Waals surface area contributed by atoms with Crippen LogP contribution in [0.4, 0.5) is 4.79 Å². The van der Waals surface area contributed by atoms with Gasteiger partial charge in [-0.1, -0.05) is 0 Å². The van der Waals surface area contributed by atoms with Crippen LogP contribution in [0, 0.1) is 5.92 Å². The summed E-state index contributed by atoms with van der Waals surface area (Å²) in [7, 11) is 0. The molecule has 5 nitrogen and oxygen atoms in total. The summed E-state index contributed by atoms with van der Waals surface area (Å²) in [5, 5.41) is 0. The van der Waals surface area contributed by atoms with Gasteiger partial charge in [0.1, 0.15) is 5.60 Å². The minimum absolute atomic E-state index is 0.120. The van der Waals surface area contributed by atoms with E-state index in [0.29, 0.717) is 12.5 Å². The molecule has 3 unspecified atom stereocenters. The highest BCUT2D eigenvalue weighted by molar-refractivity contribution is 5.68. The first-order chi connectivity index (χ1) is 9.40. The first-order valence-electron chi connectivity index (χ1n) is 7.72. The molecule has 2 saturated heterocycles. The number of carbonyl (C=O) groups is 1. The number of amides is 1. The van der Waals surface area contributed by atoms with Gasteiger partial charge in [0.15, 0.2) is 0 Å². The second-order valence-corrected chi connectivity index (χ2v) is 6.92. The fourth-order valence-corrected chi connectivity index (χ4v) is 3.09. The van der Waals surface area contributed by atoms with E-state index in [2.05, 4.69) is 0 Å². The van der Waals surface area contributed by atoms with E-state index in [0.717, 1.165) is 38.8 Å². The van der Waals surface area contributed by atoms with Crippen LogP contribution in [0.15, 0.2) is 0 Å². The third-order valence-corrected chi connectivity index (χ3v) is 4.11. The topological polar surface area (TPSA) is 64.8 Å². The molecular weight excluding hydrogens is 256 g/mol. The average molecular weight is 284 g/mol. The van der Waals surface area contributed by atoms with Crippen LogP contribution in [0.25, 0.3) is 0 Å². The van der Waals surface area contributed by atoms with Gasteiger partial charge in [0.25, 0.3) is 0 Å². The maximum Gasteiger partial charge on any atom is 0.410 e. The predicted octanol–water partition coefficient (Wildman–Crippen LogP) is 2.14. The van der Waals surface area contributed by atoms with Crippen molar-refractivity contribution in [1.82, 2.24) is 4.90 Å². The van der Waals surface area contributed by atoms with Crippen molar-refractivity contribution >= 4 is 6.09 Å². The lowest BCUT2D eigenvalue weighted by atomic mass is 9.87. The molecular formula is C15H28N2O3. The van der Waals surface area contributed by atoms with E-state index in [1.165, 1.54) is 0 Å². The summed E-state index contributed by atoms with van der Waals surface area (Å²) < 4.78 is 11.3. The Morgan fingerprint density at radius 1 is 1.40 bits per heavy atom. The minimum Gasteiger partial charge on any atom is -0.444 e. The van der Waals surface area contributed by atoms with Gasteiger partial charge in [-0.2, -0.15) is 0 Å². The number of nitrogens with two attached hydrogens (primary N) is 1. The second-order valence-electron chi connectivity index (χ2n) is 6.92. The molecule has 2 rings (SSSR count). The molecule has 1 amide bonds. The molecule has 0 aromatic heterocycles. The van der Waals surface area contributed by atoms with Gasteiger partial charge in [-0.3, -0.25) is 0 Å². The van der Waals surface area contributed by atoms with E-state index in [1.807, 2.05) is 25.7 Å². The number of nitrogens with zero attached hydrogens (tertiary/aromatic N) is 1. The number of rotatable bonds is 2. The molecule has 20 heavy (non-hydrogen) atoms. The smallest absolute Gasteiger partial charge is 0.410 e. The zero-order valence-corrected chi connectivity index (χ0v) is 12.9. The summed E-state index contributed by atoms with van der Waals surface area (Å²) >= 11 is 0.